The van der Waals surface area contributed by atoms with E-state index in [1.165, 1.54) is 65.5 Å². The molecule has 1 aliphatic heterocycles. The third kappa shape index (κ3) is 4.19. The Morgan fingerprint density at radius 3 is 2.06 bits per heavy atom. The first-order valence-corrected chi connectivity index (χ1v) is 12.5. The molecule has 0 aliphatic carbocycles. The van der Waals surface area contributed by atoms with E-state index in [1.54, 1.807) is 0 Å². The molecule has 1 heterocycles. The summed E-state index contributed by atoms with van der Waals surface area (Å²) in [5, 5.41) is 0. The lowest BCUT2D eigenvalue weighted by molar-refractivity contribution is -0.119. The van der Waals surface area contributed by atoms with E-state index in [0.29, 0.717) is 5.75 Å². The molecule has 0 bridgehead atoms. The first kappa shape index (κ1) is 23.7. The Morgan fingerprint density at radius 2 is 1.62 bits per heavy atom. The third-order valence-electron chi connectivity index (χ3n) is 4.96. The van der Waals surface area contributed by atoms with Crippen molar-refractivity contribution in [1.29, 1.82) is 0 Å². The highest BCUT2D eigenvalue weighted by Crippen LogP contribution is 2.40. The molecule has 1 atom stereocenters. The molecule has 0 aromatic heterocycles. The molecule has 2 aromatic carbocycles. The number of methoxy groups -OCH3 is 3. The average molecular weight is 485 g/mol. The number of carbonyl (C=O) groups excluding carboxylic acids is 1. The van der Waals surface area contributed by atoms with Crippen LogP contribution in [0, 0.1) is 12.8 Å². The maximum Gasteiger partial charge on any atom is 0.262 e. The molecule has 1 amide bonds. The van der Waals surface area contributed by atoms with Crippen LogP contribution in [0.15, 0.2) is 35.2 Å². The van der Waals surface area contributed by atoms with Crippen molar-refractivity contribution in [2.24, 2.45) is 5.92 Å². The summed E-state index contributed by atoms with van der Waals surface area (Å²) in [6.07, 6.45) is 0. The number of benzene rings is 2. The van der Waals surface area contributed by atoms with Crippen molar-refractivity contribution in [3.8, 4) is 17.2 Å². The number of carbonyl (C=O) groups is 1. The Kier molecular flexibility index (Phi) is 6.29. The van der Waals surface area contributed by atoms with Gasteiger partial charge in [-0.2, -0.15) is 0 Å². The van der Waals surface area contributed by atoms with Gasteiger partial charge < -0.3 is 14.2 Å². The van der Waals surface area contributed by atoms with E-state index in [4.69, 9.17) is 14.2 Å². The second-order valence-corrected chi connectivity index (χ2v) is 10.8. The number of ether oxygens (including phenoxy) is 3. The minimum absolute atomic E-state index is 0.0768. The molecule has 1 saturated heterocycles. The van der Waals surface area contributed by atoms with Gasteiger partial charge in [-0.15, -0.1) is 0 Å². The first-order chi connectivity index (χ1) is 14.9. The van der Waals surface area contributed by atoms with Crippen molar-refractivity contribution < 1.29 is 35.8 Å². The Labute approximate surface area is 187 Å². The fourth-order valence-electron chi connectivity index (χ4n) is 3.50. The zero-order chi connectivity index (χ0) is 23.8. The van der Waals surface area contributed by atoms with Crippen molar-refractivity contribution >= 4 is 37.3 Å². The van der Waals surface area contributed by atoms with Crippen LogP contribution in [0.5, 0.6) is 17.2 Å². The summed E-state index contributed by atoms with van der Waals surface area (Å²) in [7, 11) is -3.61. The van der Waals surface area contributed by atoms with Crippen molar-refractivity contribution in [1.82, 2.24) is 0 Å². The van der Waals surface area contributed by atoms with Gasteiger partial charge in [0, 0.05) is 12.1 Å². The van der Waals surface area contributed by atoms with E-state index in [-0.39, 0.29) is 39.1 Å². The van der Waals surface area contributed by atoms with Gasteiger partial charge in [-0.1, -0.05) is 6.92 Å². The van der Waals surface area contributed by atoms with E-state index in [9.17, 15) is 21.6 Å². The zero-order valence-corrected chi connectivity index (χ0v) is 19.8. The van der Waals surface area contributed by atoms with Gasteiger partial charge in [0.15, 0.2) is 11.5 Å². The highest BCUT2D eigenvalue weighted by atomic mass is 32.2. The van der Waals surface area contributed by atoms with Gasteiger partial charge in [0.2, 0.25) is 21.7 Å². The monoisotopic (exact) mass is 484 g/mol. The quantitative estimate of drug-likeness (QED) is 0.633. The number of aryl methyl sites for hydroxylation is 1. The lowest BCUT2D eigenvalue weighted by Crippen LogP contribution is -2.30. The fourth-order valence-corrected chi connectivity index (χ4v) is 6.58. The number of sulfonamides is 2. The summed E-state index contributed by atoms with van der Waals surface area (Å²) in [4.78, 5) is 12.2. The predicted molar refractivity (Wildman–Crippen MR) is 119 cm³/mol. The number of amides is 1. The number of nitrogens with one attached hydrogen (secondary N) is 1. The summed E-state index contributed by atoms with van der Waals surface area (Å²) in [5.74, 6) is -0.648. The smallest absolute Gasteiger partial charge is 0.262 e. The van der Waals surface area contributed by atoms with Crippen LogP contribution in [-0.2, 0) is 24.8 Å². The van der Waals surface area contributed by atoms with Gasteiger partial charge in [0.25, 0.3) is 10.0 Å². The van der Waals surface area contributed by atoms with Gasteiger partial charge in [-0.25, -0.2) is 21.1 Å². The van der Waals surface area contributed by atoms with Crippen LogP contribution >= 0.6 is 0 Å². The molecule has 0 unspecified atom stereocenters. The number of rotatable bonds is 7. The van der Waals surface area contributed by atoms with Crippen LogP contribution in [0.25, 0.3) is 0 Å². The second kappa shape index (κ2) is 8.51. The van der Waals surface area contributed by atoms with E-state index in [1.807, 2.05) is 0 Å². The number of hydrogen-bond acceptors (Lipinski definition) is 8. The highest BCUT2D eigenvalue weighted by Gasteiger charge is 2.42. The summed E-state index contributed by atoms with van der Waals surface area (Å²) in [5.41, 5.74) is 0.544. The fraction of sp³-hybridized carbons (Fsp3) is 0.350. The van der Waals surface area contributed by atoms with Gasteiger partial charge in [0.1, 0.15) is 0 Å². The molecule has 12 heteroatoms. The topological polar surface area (TPSA) is 128 Å². The van der Waals surface area contributed by atoms with Gasteiger partial charge >= 0.3 is 0 Å². The molecule has 1 fully saturated rings. The summed E-state index contributed by atoms with van der Waals surface area (Å²) in [6.45, 7) is 3.05. The van der Waals surface area contributed by atoms with Crippen LogP contribution in [0.1, 0.15) is 12.5 Å². The second-order valence-electron chi connectivity index (χ2n) is 7.25. The molecule has 3 rings (SSSR count). The molecule has 1 aliphatic rings. The maximum absolute atomic E-state index is 13.0. The average Bonchev–Trinajstić information content (AvgIpc) is 2.92. The largest absolute Gasteiger partial charge is 0.493 e. The van der Waals surface area contributed by atoms with Crippen LogP contribution in [0.3, 0.4) is 0 Å². The SMILES string of the molecule is COc1cc(NS(=O)(=O)c2ccc(N3C(=O)[C@@H](C)CS3(=O)=O)cc2C)cc(OC)c1OC. The molecule has 32 heavy (non-hydrogen) atoms. The molecule has 1 N–H and O–H groups in total. The maximum atomic E-state index is 13.0. The molecule has 0 spiro atoms. The Hall–Kier alpha value is -2.99. The first-order valence-electron chi connectivity index (χ1n) is 9.45. The van der Waals surface area contributed by atoms with Gasteiger partial charge in [-0.05, 0) is 30.7 Å². The molecular weight excluding hydrogens is 460 g/mol. The lowest BCUT2D eigenvalue weighted by Gasteiger charge is -2.18. The van der Waals surface area contributed by atoms with Crippen molar-refractivity contribution in [3.05, 3.63) is 35.9 Å². The third-order valence-corrected chi connectivity index (χ3v) is 8.37. The van der Waals surface area contributed by atoms with E-state index >= 15 is 0 Å². The molecule has 10 nitrogen and oxygen atoms in total. The van der Waals surface area contributed by atoms with Crippen LogP contribution in [0.2, 0.25) is 0 Å². The minimum Gasteiger partial charge on any atom is -0.493 e. The number of nitrogens with zero attached hydrogens (tertiary/aromatic N) is 1. The standard InChI is InChI=1S/C20H24N2O8S2/c1-12-8-15(22-20(23)13(2)11-31(22,24)25)6-7-18(12)32(26,27)21-14-9-16(28-3)19(30-5)17(10-14)29-4/h6-10,13,21H,11H2,1-5H3/t13-/m0/s1. The van der Waals surface area contributed by atoms with Crippen molar-refractivity contribution in [2.45, 2.75) is 18.7 Å². The van der Waals surface area contributed by atoms with Gasteiger partial charge in [0.05, 0.1) is 49.3 Å². The summed E-state index contributed by atoms with van der Waals surface area (Å²) >= 11 is 0. The minimum atomic E-state index is -4.06. The molecule has 2 aromatic rings. The van der Waals surface area contributed by atoms with Crippen molar-refractivity contribution in [2.75, 3.05) is 36.1 Å². The molecule has 0 saturated carbocycles. The van der Waals surface area contributed by atoms with Crippen LogP contribution in [-0.4, -0.2) is 49.8 Å². The Balaban J connectivity index is 1.98. The van der Waals surface area contributed by atoms with Crippen LogP contribution < -0.4 is 23.2 Å². The number of anilines is 2. The molecule has 174 valence electrons. The van der Waals surface area contributed by atoms with Crippen molar-refractivity contribution in [3.63, 3.8) is 0 Å². The number of hydrogen-bond donors (Lipinski definition) is 1. The summed E-state index contributed by atoms with van der Waals surface area (Å²) < 4.78 is 69.6. The molecular formula is C20H24N2O8S2. The Morgan fingerprint density at radius 1 is 1.03 bits per heavy atom. The van der Waals surface area contributed by atoms with Crippen LogP contribution in [0.4, 0.5) is 11.4 Å². The predicted octanol–water partition coefficient (Wildman–Crippen LogP) is 2.13. The lowest BCUT2D eigenvalue weighted by atomic mass is 10.2. The highest BCUT2D eigenvalue weighted by molar-refractivity contribution is 7.94. The van der Waals surface area contributed by atoms with E-state index < -0.39 is 31.9 Å². The van der Waals surface area contributed by atoms with Gasteiger partial charge in [-0.3, -0.25) is 9.52 Å². The van der Waals surface area contributed by atoms with E-state index in [2.05, 4.69) is 4.72 Å². The normalized spacial score (nSPS) is 17.8. The molecule has 0 radical (unpaired) electrons. The Bertz CT molecular complexity index is 1250. The zero-order valence-electron chi connectivity index (χ0n) is 18.2. The van der Waals surface area contributed by atoms with E-state index in [0.717, 1.165) is 4.31 Å². The summed E-state index contributed by atoms with van der Waals surface area (Å²) in [6, 6.07) is 6.80.